The maximum atomic E-state index is 12.0. The molecule has 0 bridgehead atoms. The van der Waals surface area contributed by atoms with E-state index in [1.807, 2.05) is 69.3 Å². The second-order valence-corrected chi connectivity index (χ2v) is 9.12. The molecule has 7 nitrogen and oxygen atoms in total. The summed E-state index contributed by atoms with van der Waals surface area (Å²) in [6, 6.07) is 13.7. The lowest BCUT2D eigenvalue weighted by Gasteiger charge is -2.22. The molecule has 0 aromatic heterocycles. The van der Waals surface area contributed by atoms with Gasteiger partial charge in [0.2, 0.25) is 5.75 Å². The first kappa shape index (κ1) is 25.8. The molecule has 1 heterocycles. The third kappa shape index (κ3) is 7.61. The Bertz CT molecular complexity index is 1110. The fourth-order valence-corrected chi connectivity index (χ4v) is 3.62. The van der Waals surface area contributed by atoms with Crippen molar-refractivity contribution < 1.29 is 23.7 Å². The number of esters is 1. The van der Waals surface area contributed by atoms with Crippen LogP contribution in [0.5, 0.6) is 17.2 Å². The van der Waals surface area contributed by atoms with E-state index in [2.05, 4.69) is 11.1 Å². The average Bonchev–Trinajstić information content (AvgIpc) is 2.84. The van der Waals surface area contributed by atoms with E-state index in [0.717, 1.165) is 16.8 Å². The minimum absolute atomic E-state index is 0.253. The van der Waals surface area contributed by atoms with E-state index in [4.69, 9.17) is 18.9 Å². The lowest BCUT2D eigenvalue weighted by molar-refractivity contribution is -0.155. The molecule has 0 saturated carbocycles. The maximum absolute atomic E-state index is 12.0. The van der Waals surface area contributed by atoms with Crippen LogP contribution in [0.2, 0.25) is 0 Å². The van der Waals surface area contributed by atoms with Gasteiger partial charge in [-0.15, -0.1) is 0 Å². The smallest absolute Gasteiger partial charge is 0.306 e. The molecule has 184 valence electrons. The van der Waals surface area contributed by atoms with E-state index in [0.29, 0.717) is 43.3 Å². The van der Waals surface area contributed by atoms with Crippen molar-refractivity contribution in [1.82, 2.24) is 0 Å². The number of benzene rings is 2. The average molecular weight is 477 g/mol. The molecular weight excluding hydrogens is 444 g/mol. The first-order chi connectivity index (χ1) is 16.8. The highest BCUT2D eigenvalue weighted by atomic mass is 16.6. The summed E-state index contributed by atoms with van der Waals surface area (Å²) in [4.78, 5) is 16.4. The Hall–Kier alpha value is -3.79. The van der Waals surface area contributed by atoms with Gasteiger partial charge in [0.1, 0.15) is 12.2 Å². The quantitative estimate of drug-likeness (QED) is 0.249. The second kappa shape index (κ2) is 12.1. The third-order valence-electron chi connectivity index (χ3n) is 5.11. The Morgan fingerprint density at radius 1 is 1.29 bits per heavy atom. The number of fused-ring (bicyclic) bond motifs is 1. The van der Waals surface area contributed by atoms with Crippen molar-refractivity contribution in [2.75, 3.05) is 20.3 Å². The van der Waals surface area contributed by atoms with E-state index in [-0.39, 0.29) is 12.4 Å². The van der Waals surface area contributed by atoms with Gasteiger partial charge in [-0.2, -0.15) is 5.26 Å². The fraction of sp³-hybridized carbons (Fsp3) is 0.393. The summed E-state index contributed by atoms with van der Waals surface area (Å²) in [7, 11) is 1.56. The second-order valence-electron chi connectivity index (χ2n) is 9.12. The molecule has 0 amide bonds. The number of carbonyl (C=O) groups excluding carboxylic acids is 1. The molecule has 1 aliphatic heterocycles. The van der Waals surface area contributed by atoms with Gasteiger partial charge in [-0.05, 0) is 63.5 Å². The molecule has 0 radical (unpaired) electrons. The summed E-state index contributed by atoms with van der Waals surface area (Å²) < 4.78 is 22.9. The largest absolute Gasteiger partial charge is 0.490 e. The Morgan fingerprint density at radius 2 is 2.06 bits per heavy atom. The van der Waals surface area contributed by atoms with Gasteiger partial charge in [0.15, 0.2) is 11.5 Å². The number of ether oxygens (including phenoxy) is 4. The predicted octanol–water partition coefficient (Wildman–Crippen LogP) is 5.69. The maximum Gasteiger partial charge on any atom is 0.306 e. The van der Waals surface area contributed by atoms with Gasteiger partial charge in [0, 0.05) is 18.2 Å². The summed E-state index contributed by atoms with van der Waals surface area (Å²) in [5.41, 5.74) is 2.04. The number of rotatable bonds is 10. The van der Waals surface area contributed by atoms with Gasteiger partial charge in [-0.1, -0.05) is 24.3 Å². The highest BCUT2D eigenvalue weighted by molar-refractivity contribution is 5.74. The zero-order valence-electron chi connectivity index (χ0n) is 20.7. The number of hydrogen-bond donors (Lipinski definition) is 0. The van der Waals surface area contributed by atoms with Gasteiger partial charge in [0.25, 0.3) is 0 Å². The fourth-order valence-electron chi connectivity index (χ4n) is 3.62. The molecule has 2 aromatic carbocycles. The molecule has 7 heteroatoms. The summed E-state index contributed by atoms with van der Waals surface area (Å²) >= 11 is 0. The number of carbonyl (C=O) groups is 1. The molecule has 0 fully saturated rings. The van der Waals surface area contributed by atoms with Crippen molar-refractivity contribution in [3.8, 4) is 23.3 Å². The summed E-state index contributed by atoms with van der Waals surface area (Å²) in [5, 5.41) is 9.76. The molecule has 2 aromatic rings. The number of hydrogen-bond acceptors (Lipinski definition) is 7. The number of aliphatic imine (C=N–C) groups is 1. The first-order valence-corrected chi connectivity index (χ1v) is 11.7. The monoisotopic (exact) mass is 476 g/mol. The van der Waals surface area contributed by atoms with Crippen molar-refractivity contribution in [2.45, 2.75) is 45.6 Å². The van der Waals surface area contributed by atoms with Crippen LogP contribution >= 0.6 is 0 Å². The van der Waals surface area contributed by atoms with Crippen LogP contribution in [0.25, 0.3) is 6.08 Å². The number of methoxy groups -OCH3 is 1. The van der Waals surface area contributed by atoms with Crippen LogP contribution in [0.1, 0.15) is 44.7 Å². The Balaban J connectivity index is 1.77. The van der Waals surface area contributed by atoms with Crippen LogP contribution in [0, 0.1) is 17.2 Å². The third-order valence-corrected chi connectivity index (χ3v) is 5.11. The van der Waals surface area contributed by atoms with Gasteiger partial charge < -0.3 is 18.9 Å². The minimum Gasteiger partial charge on any atom is -0.490 e. The highest BCUT2D eigenvalue weighted by Gasteiger charge is 2.23. The summed E-state index contributed by atoms with van der Waals surface area (Å²) in [6.45, 7) is 6.25. The van der Waals surface area contributed by atoms with E-state index >= 15 is 0 Å². The first-order valence-electron chi connectivity index (χ1n) is 11.7. The van der Waals surface area contributed by atoms with Gasteiger partial charge in [-0.3, -0.25) is 9.79 Å². The Morgan fingerprint density at radius 3 is 2.74 bits per heavy atom. The molecule has 1 aliphatic rings. The Kier molecular flexibility index (Phi) is 8.91. The summed E-state index contributed by atoms with van der Waals surface area (Å²) in [6.07, 6.45) is 6.75. The molecule has 0 aliphatic carbocycles. The van der Waals surface area contributed by atoms with Crippen LogP contribution in [-0.2, 0) is 16.0 Å². The van der Waals surface area contributed by atoms with Crippen molar-refractivity contribution in [3.63, 3.8) is 0 Å². The van der Waals surface area contributed by atoms with E-state index in [1.54, 1.807) is 13.3 Å². The normalized spacial score (nSPS) is 13.5. The van der Waals surface area contributed by atoms with Gasteiger partial charge in [0.05, 0.1) is 31.4 Å². The molecule has 35 heavy (non-hydrogen) atoms. The molecule has 1 unspecified atom stereocenters. The minimum atomic E-state index is -0.513. The van der Waals surface area contributed by atoms with Crippen molar-refractivity contribution in [3.05, 3.63) is 53.6 Å². The lowest BCUT2D eigenvalue weighted by Crippen LogP contribution is -2.24. The standard InChI is InChI=1S/C28H32N2O5/c1-28(2,3)35-25(31)13-9-14-33-24-17-21(23-12-8-15-34-26(23)27(24)32-4)16-20(18-29)19-30-22-10-6-5-7-11-22/h5-8,10-12,17,19-20H,9,13-16H2,1-4H3. The molecule has 0 spiro atoms. The van der Waals surface area contributed by atoms with Crippen LogP contribution < -0.4 is 14.2 Å². The van der Waals surface area contributed by atoms with Crippen LogP contribution in [0.4, 0.5) is 5.69 Å². The molecule has 0 saturated heterocycles. The SMILES string of the molecule is COc1c(OCCCC(=O)OC(C)(C)C)cc(CC(C#N)C=Nc2ccccc2)c2c1OCC=C2. The lowest BCUT2D eigenvalue weighted by atomic mass is 9.94. The number of nitrogens with zero attached hydrogens (tertiary/aromatic N) is 2. The predicted molar refractivity (Wildman–Crippen MR) is 135 cm³/mol. The number of para-hydroxylation sites is 1. The van der Waals surface area contributed by atoms with Crippen LogP contribution in [-0.4, -0.2) is 38.1 Å². The molecule has 3 rings (SSSR count). The van der Waals surface area contributed by atoms with Crippen molar-refractivity contribution in [1.29, 1.82) is 5.26 Å². The zero-order chi connectivity index (χ0) is 25.3. The summed E-state index contributed by atoms with van der Waals surface area (Å²) in [5.74, 6) is 0.894. The van der Waals surface area contributed by atoms with E-state index in [1.165, 1.54) is 0 Å². The zero-order valence-corrected chi connectivity index (χ0v) is 20.7. The molecular formula is C28H32N2O5. The van der Waals surface area contributed by atoms with E-state index in [9.17, 15) is 10.1 Å². The van der Waals surface area contributed by atoms with Crippen molar-refractivity contribution in [2.24, 2.45) is 10.9 Å². The Labute approximate surface area is 207 Å². The highest BCUT2D eigenvalue weighted by Crippen LogP contribution is 2.44. The van der Waals surface area contributed by atoms with Crippen LogP contribution in [0.15, 0.2) is 47.5 Å². The molecule has 0 N–H and O–H groups in total. The van der Waals surface area contributed by atoms with Crippen molar-refractivity contribution >= 4 is 23.9 Å². The van der Waals surface area contributed by atoms with Gasteiger partial charge >= 0.3 is 5.97 Å². The molecule has 1 atom stereocenters. The van der Waals surface area contributed by atoms with E-state index < -0.39 is 11.5 Å². The van der Waals surface area contributed by atoms with Gasteiger partial charge in [-0.25, -0.2) is 0 Å². The number of nitriles is 1. The topological polar surface area (TPSA) is 90.1 Å². The van der Waals surface area contributed by atoms with Crippen LogP contribution in [0.3, 0.4) is 0 Å².